The quantitative estimate of drug-likeness (QED) is 0.472. The number of rotatable bonds is 7. The second-order valence-corrected chi connectivity index (χ2v) is 8.36. The summed E-state index contributed by atoms with van der Waals surface area (Å²) in [5.74, 6) is 1.61. The largest absolute Gasteiger partial charge is 0.387 e. The van der Waals surface area contributed by atoms with E-state index in [0.29, 0.717) is 34.9 Å². The van der Waals surface area contributed by atoms with Crippen LogP contribution in [0, 0.1) is 0 Å². The summed E-state index contributed by atoms with van der Waals surface area (Å²) in [4.78, 5) is 22.0. The van der Waals surface area contributed by atoms with Crippen LogP contribution >= 0.6 is 0 Å². The number of anilines is 3. The van der Waals surface area contributed by atoms with Crippen LogP contribution in [0.1, 0.15) is 45.8 Å². The molecule has 3 heterocycles. The Kier molecular flexibility index (Phi) is 6.38. The van der Waals surface area contributed by atoms with Crippen molar-refractivity contribution in [2.24, 2.45) is 5.73 Å². The number of nitrogens with one attached hydrogen (secondary N) is 2. The van der Waals surface area contributed by atoms with Crippen LogP contribution in [0.5, 0.6) is 0 Å². The molecule has 1 unspecified atom stereocenters. The molecule has 160 valence electrons. The lowest BCUT2D eigenvalue weighted by Crippen LogP contribution is -2.29. The minimum Gasteiger partial charge on any atom is -0.387 e. The molecule has 3 aromatic heterocycles. The van der Waals surface area contributed by atoms with Gasteiger partial charge in [0.2, 0.25) is 0 Å². The molecule has 1 atom stereocenters. The number of fused-ring (bicyclic) bond motifs is 1. The Labute approximate surface area is 176 Å². The molecule has 0 saturated carbocycles. The topological polar surface area (TPSA) is 118 Å². The maximum absolute atomic E-state index is 13.1. The first kappa shape index (κ1) is 21.7. The zero-order chi connectivity index (χ0) is 21.9. The van der Waals surface area contributed by atoms with Gasteiger partial charge in [0.05, 0.1) is 11.5 Å². The van der Waals surface area contributed by atoms with Crippen LogP contribution in [0.4, 0.5) is 17.5 Å². The van der Waals surface area contributed by atoms with E-state index in [1.165, 1.54) is 0 Å². The standard InChI is InChI=1S/C22H30N6O2/c1-5-9-28-10-7-15-12-18(25-17-11-14(6-8-24-17)16(29)13-23)26-20(19(15)21(28)30)27-22(2,3)4/h6-8,10-12,16,29H,5,9,13,23H2,1-4H3,(H2,24,25,26,27). The highest BCUT2D eigenvalue weighted by molar-refractivity contribution is 5.93. The summed E-state index contributed by atoms with van der Waals surface area (Å²) in [6, 6.07) is 7.21. The number of nitrogens with two attached hydrogens (primary N) is 1. The number of nitrogens with zero attached hydrogens (tertiary/aromatic N) is 3. The molecule has 3 aromatic rings. The number of hydrogen-bond donors (Lipinski definition) is 4. The van der Waals surface area contributed by atoms with Gasteiger partial charge >= 0.3 is 0 Å². The van der Waals surface area contributed by atoms with Gasteiger partial charge in [0.1, 0.15) is 17.5 Å². The summed E-state index contributed by atoms with van der Waals surface area (Å²) in [5, 5.41) is 17.9. The first-order valence-corrected chi connectivity index (χ1v) is 10.2. The van der Waals surface area contributed by atoms with Crippen molar-refractivity contribution in [2.75, 3.05) is 17.2 Å². The SMILES string of the molecule is CCCn1ccc2cc(Nc3cc(C(O)CN)ccn3)nc(NC(C)(C)C)c2c1=O. The Hall–Kier alpha value is -2.97. The maximum atomic E-state index is 13.1. The van der Waals surface area contributed by atoms with Gasteiger partial charge in [-0.2, -0.15) is 0 Å². The molecule has 0 fully saturated rings. The number of aryl methyl sites for hydroxylation is 1. The van der Waals surface area contributed by atoms with Gasteiger partial charge in [-0.1, -0.05) is 6.92 Å². The van der Waals surface area contributed by atoms with Crippen molar-refractivity contribution >= 4 is 28.2 Å². The molecule has 5 N–H and O–H groups in total. The van der Waals surface area contributed by atoms with Crippen LogP contribution in [0.3, 0.4) is 0 Å². The van der Waals surface area contributed by atoms with E-state index in [1.54, 1.807) is 22.9 Å². The van der Waals surface area contributed by atoms with Gasteiger partial charge in [0.25, 0.3) is 5.56 Å². The van der Waals surface area contributed by atoms with Gasteiger partial charge in [-0.05, 0) is 62.4 Å². The number of aliphatic hydroxyl groups excluding tert-OH is 1. The van der Waals surface area contributed by atoms with Crippen molar-refractivity contribution in [2.45, 2.75) is 52.3 Å². The van der Waals surface area contributed by atoms with Crippen molar-refractivity contribution in [3.05, 3.63) is 52.6 Å². The molecule has 8 nitrogen and oxygen atoms in total. The van der Waals surface area contributed by atoms with E-state index in [2.05, 4.69) is 20.6 Å². The number of hydrogen-bond acceptors (Lipinski definition) is 7. The van der Waals surface area contributed by atoms with Gasteiger partial charge in [-0.25, -0.2) is 9.97 Å². The molecule has 0 aromatic carbocycles. The van der Waals surface area contributed by atoms with Crippen LogP contribution in [-0.2, 0) is 6.54 Å². The molecule has 0 saturated heterocycles. The highest BCUT2D eigenvalue weighted by Crippen LogP contribution is 2.26. The zero-order valence-corrected chi connectivity index (χ0v) is 17.9. The van der Waals surface area contributed by atoms with Crippen LogP contribution in [-0.4, -0.2) is 31.7 Å². The van der Waals surface area contributed by atoms with Crippen LogP contribution in [0.2, 0.25) is 0 Å². The molecular weight excluding hydrogens is 380 g/mol. The molecule has 3 rings (SSSR count). The predicted molar refractivity (Wildman–Crippen MR) is 121 cm³/mol. The van der Waals surface area contributed by atoms with Crippen molar-refractivity contribution < 1.29 is 5.11 Å². The molecule has 0 aliphatic rings. The fraction of sp³-hybridized carbons (Fsp3) is 0.409. The second kappa shape index (κ2) is 8.81. The fourth-order valence-corrected chi connectivity index (χ4v) is 3.22. The molecule has 8 heteroatoms. The van der Waals surface area contributed by atoms with Crippen molar-refractivity contribution in [1.29, 1.82) is 0 Å². The van der Waals surface area contributed by atoms with E-state index < -0.39 is 6.10 Å². The Morgan fingerprint density at radius 3 is 2.67 bits per heavy atom. The second-order valence-electron chi connectivity index (χ2n) is 8.36. The molecular formula is C22H30N6O2. The summed E-state index contributed by atoms with van der Waals surface area (Å²) >= 11 is 0. The monoisotopic (exact) mass is 410 g/mol. The Morgan fingerprint density at radius 2 is 2.00 bits per heavy atom. The first-order valence-electron chi connectivity index (χ1n) is 10.2. The van der Waals surface area contributed by atoms with E-state index >= 15 is 0 Å². The molecule has 0 aliphatic carbocycles. The number of pyridine rings is 3. The molecule has 0 radical (unpaired) electrons. The molecule has 0 bridgehead atoms. The maximum Gasteiger partial charge on any atom is 0.262 e. The van der Waals surface area contributed by atoms with E-state index in [1.807, 2.05) is 46.0 Å². The van der Waals surface area contributed by atoms with Gasteiger partial charge in [-0.15, -0.1) is 0 Å². The smallest absolute Gasteiger partial charge is 0.262 e. The van der Waals surface area contributed by atoms with Gasteiger partial charge < -0.3 is 26.0 Å². The van der Waals surface area contributed by atoms with Gasteiger partial charge in [0, 0.05) is 31.0 Å². The summed E-state index contributed by atoms with van der Waals surface area (Å²) in [6.45, 7) is 8.89. The summed E-state index contributed by atoms with van der Waals surface area (Å²) < 4.78 is 1.71. The molecule has 30 heavy (non-hydrogen) atoms. The average molecular weight is 411 g/mol. The molecule has 0 aliphatic heterocycles. The summed E-state index contributed by atoms with van der Waals surface area (Å²) in [5.41, 5.74) is 5.88. The summed E-state index contributed by atoms with van der Waals surface area (Å²) in [7, 11) is 0. The van der Waals surface area contributed by atoms with Crippen LogP contribution < -0.4 is 21.9 Å². The minimum atomic E-state index is -0.756. The van der Waals surface area contributed by atoms with E-state index in [-0.39, 0.29) is 17.6 Å². The Bertz CT molecular complexity index is 1090. The van der Waals surface area contributed by atoms with E-state index in [9.17, 15) is 9.90 Å². The number of aliphatic hydroxyl groups is 1. The highest BCUT2D eigenvalue weighted by Gasteiger charge is 2.17. The predicted octanol–water partition coefficient (Wildman–Crippen LogP) is 3.15. The first-order chi connectivity index (χ1) is 14.2. The third kappa shape index (κ3) is 4.95. The Balaban J connectivity index is 2.08. The summed E-state index contributed by atoms with van der Waals surface area (Å²) in [6.07, 6.45) is 3.54. The highest BCUT2D eigenvalue weighted by atomic mass is 16.3. The lowest BCUT2D eigenvalue weighted by atomic mass is 10.1. The fourth-order valence-electron chi connectivity index (χ4n) is 3.22. The van der Waals surface area contributed by atoms with Crippen molar-refractivity contribution in [3.63, 3.8) is 0 Å². The van der Waals surface area contributed by atoms with Gasteiger partial charge in [-0.3, -0.25) is 4.79 Å². The van der Waals surface area contributed by atoms with Crippen molar-refractivity contribution in [1.82, 2.24) is 14.5 Å². The van der Waals surface area contributed by atoms with E-state index in [0.717, 1.165) is 11.8 Å². The third-order valence-corrected chi connectivity index (χ3v) is 4.56. The van der Waals surface area contributed by atoms with E-state index in [4.69, 9.17) is 5.73 Å². The lowest BCUT2D eigenvalue weighted by molar-refractivity contribution is 0.186. The van der Waals surface area contributed by atoms with Gasteiger partial charge in [0.15, 0.2) is 0 Å². The van der Waals surface area contributed by atoms with Crippen LogP contribution in [0.25, 0.3) is 10.8 Å². The average Bonchev–Trinajstić information content (AvgIpc) is 2.68. The third-order valence-electron chi connectivity index (χ3n) is 4.56. The lowest BCUT2D eigenvalue weighted by Gasteiger charge is -2.23. The normalized spacial score (nSPS) is 12.7. The number of aromatic nitrogens is 3. The molecule has 0 amide bonds. The minimum absolute atomic E-state index is 0.0636. The van der Waals surface area contributed by atoms with Crippen molar-refractivity contribution in [3.8, 4) is 0 Å². The zero-order valence-electron chi connectivity index (χ0n) is 17.9. The molecule has 0 spiro atoms. The van der Waals surface area contributed by atoms with Crippen LogP contribution in [0.15, 0.2) is 41.5 Å². The Morgan fingerprint density at radius 1 is 1.23 bits per heavy atom.